The van der Waals surface area contributed by atoms with Crippen molar-refractivity contribution in [3.8, 4) is 0 Å². The minimum atomic E-state index is -3.99. The van der Waals surface area contributed by atoms with Gasteiger partial charge in [-0.1, -0.05) is 19.3 Å². The van der Waals surface area contributed by atoms with Gasteiger partial charge in [-0.3, -0.25) is 9.59 Å². The molecule has 1 atom stereocenters. The van der Waals surface area contributed by atoms with Crippen molar-refractivity contribution in [3.63, 3.8) is 0 Å². The van der Waals surface area contributed by atoms with Crippen molar-refractivity contribution < 1.29 is 18.0 Å². The highest BCUT2D eigenvalue weighted by Gasteiger charge is 2.27. The van der Waals surface area contributed by atoms with Crippen molar-refractivity contribution >= 4 is 21.8 Å². The van der Waals surface area contributed by atoms with E-state index >= 15 is 0 Å². The van der Waals surface area contributed by atoms with E-state index in [0.29, 0.717) is 0 Å². The molecule has 1 aliphatic carbocycles. The standard InChI is InChI=1S/C15H22N4O4S/c16-13(20)9-12(10-4-2-1-3-5-10)19-15(21)11-6-7-18-14(8-11)24(17,22)23/h6-8,10,12H,1-5,9H2,(H2,16,20)(H,19,21)(H2,17,22,23)/t12-/m0/s1. The Bertz CT molecular complexity index is 714. The first-order chi connectivity index (χ1) is 11.3. The number of hydrogen-bond acceptors (Lipinski definition) is 5. The van der Waals surface area contributed by atoms with Crippen molar-refractivity contribution in [2.75, 3.05) is 0 Å². The third-order valence-electron chi connectivity index (χ3n) is 4.24. The zero-order chi connectivity index (χ0) is 17.7. The largest absolute Gasteiger partial charge is 0.370 e. The molecule has 9 heteroatoms. The number of pyridine rings is 1. The van der Waals surface area contributed by atoms with E-state index in [0.717, 1.165) is 38.2 Å². The number of rotatable bonds is 6. The van der Waals surface area contributed by atoms with Gasteiger partial charge < -0.3 is 11.1 Å². The molecule has 1 aliphatic rings. The molecule has 2 amide bonds. The normalized spacial score (nSPS) is 17.2. The number of carbonyl (C=O) groups is 2. The SMILES string of the molecule is NC(=O)C[C@H](NC(=O)c1ccnc(S(N)(=O)=O)c1)C1CCCCC1. The minimum Gasteiger partial charge on any atom is -0.370 e. The molecule has 2 rings (SSSR count). The summed E-state index contributed by atoms with van der Waals surface area (Å²) in [4.78, 5) is 27.4. The maximum Gasteiger partial charge on any atom is 0.255 e. The molecule has 1 saturated carbocycles. The number of hydrogen-bond donors (Lipinski definition) is 3. The topological polar surface area (TPSA) is 145 Å². The lowest BCUT2D eigenvalue weighted by Crippen LogP contribution is -2.43. The molecule has 24 heavy (non-hydrogen) atoms. The smallest absolute Gasteiger partial charge is 0.255 e. The van der Waals surface area contributed by atoms with Gasteiger partial charge >= 0.3 is 0 Å². The van der Waals surface area contributed by atoms with Gasteiger partial charge in [0.05, 0.1) is 0 Å². The third-order valence-corrected chi connectivity index (χ3v) is 5.05. The first kappa shape index (κ1) is 18.3. The molecule has 1 aromatic rings. The second kappa shape index (κ2) is 7.71. The predicted octanol–water partition coefficient (Wildman–Crippen LogP) is 0.283. The first-order valence-corrected chi connectivity index (χ1v) is 9.40. The summed E-state index contributed by atoms with van der Waals surface area (Å²) in [6.07, 6.45) is 6.38. The Morgan fingerprint density at radius 1 is 1.29 bits per heavy atom. The van der Waals surface area contributed by atoms with Gasteiger partial charge in [-0.15, -0.1) is 0 Å². The van der Waals surface area contributed by atoms with Crippen molar-refractivity contribution in [3.05, 3.63) is 23.9 Å². The number of amides is 2. The van der Waals surface area contributed by atoms with Crippen LogP contribution < -0.4 is 16.2 Å². The Labute approximate surface area is 141 Å². The van der Waals surface area contributed by atoms with E-state index in [9.17, 15) is 18.0 Å². The zero-order valence-electron chi connectivity index (χ0n) is 13.3. The molecular formula is C15H22N4O4S. The van der Waals surface area contributed by atoms with E-state index in [-0.39, 0.29) is 29.0 Å². The molecule has 5 N–H and O–H groups in total. The van der Waals surface area contributed by atoms with Crippen LogP contribution in [0.3, 0.4) is 0 Å². The molecule has 0 spiro atoms. The van der Waals surface area contributed by atoms with Gasteiger partial charge in [0.2, 0.25) is 5.91 Å². The zero-order valence-corrected chi connectivity index (χ0v) is 14.1. The quantitative estimate of drug-likeness (QED) is 0.672. The van der Waals surface area contributed by atoms with Crippen LogP contribution in [0.5, 0.6) is 0 Å². The molecule has 0 unspecified atom stereocenters. The average Bonchev–Trinajstić information content (AvgIpc) is 2.54. The summed E-state index contributed by atoms with van der Waals surface area (Å²) >= 11 is 0. The van der Waals surface area contributed by atoms with Crippen LogP contribution in [0.15, 0.2) is 23.4 Å². The predicted molar refractivity (Wildman–Crippen MR) is 87.3 cm³/mol. The summed E-state index contributed by atoms with van der Waals surface area (Å²) in [5.41, 5.74) is 5.42. The lowest BCUT2D eigenvalue weighted by molar-refractivity contribution is -0.118. The van der Waals surface area contributed by atoms with E-state index in [2.05, 4.69) is 10.3 Å². The Morgan fingerprint density at radius 2 is 1.96 bits per heavy atom. The summed E-state index contributed by atoms with van der Waals surface area (Å²) in [5.74, 6) is -0.764. The van der Waals surface area contributed by atoms with Crippen LogP contribution in [0.25, 0.3) is 0 Å². The molecule has 132 valence electrons. The number of primary amides is 1. The van der Waals surface area contributed by atoms with E-state index in [1.165, 1.54) is 12.3 Å². The number of nitrogens with two attached hydrogens (primary N) is 2. The molecule has 8 nitrogen and oxygen atoms in total. The van der Waals surface area contributed by atoms with Crippen LogP contribution in [-0.2, 0) is 14.8 Å². The molecule has 0 radical (unpaired) electrons. The van der Waals surface area contributed by atoms with Crippen LogP contribution in [0.1, 0.15) is 48.9 Å². The third kappa shape index (κ3) is 5.00. The van der Waals surface area contributed by atoms with Gasteiger partial charge in [-0.25, -0.2) is 18.5 Å². The monoisotopic (exact) mass is 354 g/mol. The summed E-state index contributed by atoms with van der Waals surface area (Å²) in [6, 6.07) is 2.15. The number of carbonyl (C=O) groups excluding carboxylic acids is 2. The highest BCUT2D eigenvalue weighted by Crippen LogP contribution is 2.28. The fourth-order valence-electron chi connectivity index (χ4n) is 3.05. The van der Waals surface area contributed by atoms with Crippen LogP contribution in [-0.4, -0.2) is 31.3 Å². The number of primary sulfonamides is 1. The van der Waals surface area contributed by atoms with E-state index in [1.54, 1.807) is 0 Å². The minimum absolute atomic E-state index is 0.0591. The van der Waals surface area contributed by atoms with Gasteiger partial charge in [0.25, 0.3) is 15.9 Å². The highest BCUT2D eigenvalue weighted by molar-refractivity contribution is 7.89. The summed E-state index contributed by atoms with van der Waals surface area (Å²) in [7, 11) is -3.99. The Morgan fingerprint density at radius 3 is 2.54 bits per heavy atom. The van der Waals surface area contributed by atoms with Gasteiger partial charge in [0, 0.05) is 24.2 Å². The Balaban J connectivity index is 2.16. The van der Waals surface area contributed by atoms with E-state index in [1.807, 2.05) is 0 Å². The average molecular weight is 354 g/mol. The lowest BCUT2D eigenvalue weighted by Gasteiger charge is -2.30. The number of nitrogens with one attached hydrogen (secondary N) is 1. The van der Waals surface area contributed by atoms with Gasteiger partial charge in [0.15, 0.2) is 5.03 Å². The van der Waals surface area contributed by atoms with Crippen molar-refractivity contribution in [2.45, 2.75) is 49.6 Å². The number of sulfonamides is 1. The van der Waals surface area contributed by atoms with Crippen molar-refractivity contribution in [1.82, 2.24) is 10.3 Å². The Hall–Kier alpha value is -2.00. The first-order valence-electron chi connectivity index (χ1n) is 7.85. The number of nitrogens with zero attached hydrogens (tertiary/aromatic N) is 1. The molecule has 0 saturated heterocycles. The summed E-state index contributed by atoms with van der Waals surface area (Å²) in [6.45, 7) is 0. The molecule has 0 bridgehead atoms. The molecular weight excluding hydrogens is 332 g/mol. The van der Waals surface area contributed by atoms with Crippen LogP contribution in [0.2, 0.25) is 0 Å². The van der Waals surface area contributed by atoms with Crippen LogP contribution in [0, 0.1) is 5.92 Å². The summed E-state index contributed by atoms with van der Waals surface area (Å²) < 4.78 is 22.7. The van der Waals surface area contributed by atoms with E-state index in [4.69, 9.17) is 10.9 Å². The maximum atomic E-state index is 12.4. The fraction of sp³-hybridized carbons (Fsp3) is 0.533. The van der Waals surface area contributed by atoms with Crippen molar-refractivity contribution in [1.29, 1.82) is 0 Å². The molecule has 1 aromatic heterocycles. The fourth-order valence-corrected chi connectivity index (χ4v) is 3.55. The second-order valence-electron chi connectivity index (χ2n) is 6.08. The van der Waals surface area contributed by atoms with Gasteiger partial charge in [-0.2, -0.15) is 0 Å². The maximum absolute atomic E-state index is 12.4. The number of aromatic nitrogens is 1. The molecule has 0 aromatic carbocycles. The molecule has 0 aliphatic heterocycles. The van der Waals surface area contributed by atoms with Gasteiger partial charge in [-0.05, 0) is 30.9 Å². The van der Waals surface area contributed by atoms with Crippen LogP contribution >= 0.6 is 0 Å². The van der Waals surface area contributed by atoms with Gasteiger partial charge in [0.1, 0.15) is 0 Å². The van der Waals surface area contributed by atoms with Crippen LogP contribution in [0.4, 0.5) is 0 Å². The summed E-state index contributed by atoms with van der Waals surface area (Å²) in [5, 5.41) is 7.46. The molecule has 1 heterocycles. The Kier molecular flexibility index (Phi) is 5.89. The van der Waals surface area contributed by atoms with Crippen molar-refractivity contribution in [2.24, 2.45) is 16.8 Å². The lowest BCUT2D eigenvalue weighted by atomic mass is 9.82. The molecule has 1 fully saturated rings. The van der Waals surface area contributed by atoms with E-state index < -0.39 is 21.8 Å². The second-order valence-corrected chi connectivity index (χ2v) is 7.58. The highest BCUT2D eigenvalue weighted by atomic mass is 32.2.